The van der Waals surface area contributed by atoms with E-state index in [2.05, 4.69) is 6.07 Å². The lowest BCUT2D eigenvalue weighted by Crippen LogP contribution is -2.32. The standard InChI is InChI=1S/C22H23NO2/c1-15-12-16(2)20(23-11-10-22(3,4)21(23)25)18(13-15)14-19(24)17-8-6-5-7-9-17/h5-13H,14H2,1-4H3. The molecule has 0 unspecified atom stereocenters. The molecule has 0 fully saturated rings. The Hall–Kier alpha value is -2.68. The highest BCUT2D eigenvalue weighted by molar-refractivity contribution is 6.05. The molecule has 0 spiro atoms. The lowest BCUT2D eigenvalue weighted by Gasteiger charge is -2.24. The first-order valence-corrected chi connectivity index (χ1v) is 8.51. The van der Waals surface area contributed by atoms with Crippen molar-refractivity contribution in [3.05, 3.63) is 77.0 Å². The highest BCUT2D eigenvalue weighted by atomic mass is 16.2. The second-order valence-corrected chi connectivity index (χ2v) is 7.27. The Labute approximate surface area is 149 Å². The summed E-state index contributed by atoms with van der Waals surface area (Å²) in [4.78, 5) is 27.1. The van der Waals surface area contributed by atoms with E-state index < -0.39 is 5.41 Å². The van der Waals surface area contributed by atoms with Crippen molar-refractivity contribution in [2.24, 2.45) is 5.41 Å². The van der Waals surface area contributed by atoms with Crippen LogP contribution in [-0.4, -0.2) is 11.7 Å². The van der Waals surface area contributed by atoms with Crippen LogP contribution in [0.4, 0.5) is 5.69 Å². The van der Waals surface area contributed by atoms with E-state index in [1.165, 1.54) is 0 Å². The van der Waals surface area contributed by atoms with E-state index >= 15 is 0 Å². The van der Waals surface area contributed by atoms with Crippen molar-refractivity contribution in [1.29, 1.82) is 0 Å². The number of nitrogens with zero attached hydrogens (tertiary/aromatic N) is 1. The molecule has 3 nitrogen and oxygen atoms in total. The fourth-order valence-corrected chi connectivity index (χ4v) is 3.31. The van der Waals surface area contributed by atoms with Crippen LogP contribution in [0.5, 0.6) is 0 Å². The number of rotatable bonds is 4. The largest absolute Gasteiger partial charge is 0.294 e. The molecular formula is C22H23NO2. The van der Waals surface area contributed by atoms with Crippen LogP contribution in [0.15, 0.2) is 54.7 Å². The highest BCUT2D eigenvalue weighted by Gasteiger charge is 2.36. The number of benzene rings is 2. The van der Waals surface area contributed by atoms with E-state index in [9.17, 15) is 9.59 Å². The molecule has 0 atom stereocenters. The molecule has 3 heteroatoms. The predicted molar refractivity (Wildman–Crippen MR) is 101 cm³/mol. The first-order valence-electron chi connectivity index (χ1n) is 8.51. The Morgan fingerprint density at radius 3 is 2.36 bits per heavy atom. The average Bonchev–Trinajstić information content (AvgIpc) is 2.82. The molecule has 2 aromatic carbocycles. The van der Waals surface area contributed by atoms with E-state index in [-0.39, 0.29) is 18.1 Å². The minimum Gasteiger partial charge on any atom is -0.294 e. The minimum atomic E-state index is -0.516. The van der Waals surface area contributed by atoms with Gasteiger partial charge in [-0.05, 0) is 38.8 Å². The fourth-order valence-electron chi connectivity index (χ4n) is 3.31. The molecule has 128 valence electrons. The van der Waals surface area contributed by atoms with Gasteiger partial charge in [-0.1, -0.05) is 54.1 Å². The Bertz CT molecular complexity index is 863. The van der Waals surface area contributed by atoms with Crippen molar-refractivity contribution in [1.82, 2.24) is 0 Å². The van der Waals surface area contributed by atoms with Crippen molar-refractivity contribution >= 4 is 17.4 Å². The van der Waals surface area contributed by atoms with Crippen molar-refractivity contribution in [2.45, 2.75) is 34.1 Å². The van der Waals surface area contributed by atoms with Crippen LogP contribution in [0.2, 0.25) is 0 Å². The fraction of sp³-hybridized carbons (Fsp3) is 0.273. The number of anilines is 1. The Kier molecular flexibility index (Phi) is 4.34. The number of hydrogen-bond acceptors (Lipinski definition) is 2. The first kappa shape index (κ1) is 17.2. The molecule has 2 aromatic rings. The summed E-state index contributed by atoms with van der Waals surface area (Å²) in [5.74, 6) is 0.0922. The Morgan fingerprint density at radius 2 is 1.76 bits per heavy atom. The molecule has 0 aromatic heterocycles. The first-order chi connectivity index (χ1) is 11.8. The van der Waals surface area contributed by atoms with E-state index in [1.807, 2.05) is 76.4 Å². The molecule has 0 N–H and O–H groups in total. The SMILES string of the molecule is Cc1cc(C)c(N2C=CC(C)(C)C2=O)c(CC(=O)c2ccccc2)c1. The van der Waals surface area contributed by atoms with Crippen LogP contribution in [0.3, 0.4) is 0 Å². The van der Waals surface area contributed by atoms with Gasteiger partial charge in [-0.3, -0.25) is 14.5 Å². The number of carbonyl (C=O) groups excluding carboxylic acids is 2. The number of ketones is 1. The lowest BCUT2D eigenvalue weighted by atomic mass is 9.93. The number of aryl methyl sites for hydroxylation is 2. The molecule has 25 heavy (non-hydrogen) atoms. The van der Waals surface area contributed by atoms with Gasteiger partial charge in [-0.15, -0.1) is 0 Å². The molecule has 0 aliphatic carbocycles. The molecule has 1 amide bonds. The van der Waals surface area contributed by atoms with Crippen LogP contribution < -0.4 is 4.90 Å². The molecule has 0 radical (unpaired) electrons. The second-order valence-electron chi connectivity index (χ2n) is 7.27. The van der Waals surface area contributed by atoms with Crippen molar-refractivity contribution in [3.8, 4) is 0 Å². The average molecular weight is 333 g/mol. The maximum atomic E-state index is 12.8. The topological polar surface area (TPSA) is 37.4 Å². The van der Waals surface area contributed by atoms with E-state index in [0.717, 1.165) is 22.4 Å². The summed E-state index contributed by atoms with van der Waals surface area (Å²) in [6.45, 7) is 7.82. The second kappa shape index (κ2) is 6.32. The maximum Gasteiger partial charge on any atom is 0.240 e. The van der Waals surface area contributed by atoms with Gasteiger partial charge in [0, 0.05) is 18.2 Å². The molecule has 0 saturated heterocycles. The third kappa shape index (κ3) is 3.27. The van der Waals surface area contributed by atoms with Gasteiger partial charge in [0.25, 0.3) is 0 Å². The summed E-state index contributed by atoms with van der Waals surface area (Å²) in [7, 11) is 0. The van der Waals surface area contributed by atoms with Crippen molar-refractivity contribution in [3.63, 3.8) is 0 Å². The summed E-state index contributed by atoms with van der Waals surface area (Å²) in [6, 6.07) is 13.3. The summed E-state index contributed by atoms with van der Waals surface area (Å²) >= 11 is 0. The zero-order valence-corrected chi connectivity index (χ0v) is 15.2. The molecule has 1 heterocycles. The molecule has 3 rings (SSSR count). The zero-order chi connectivity index (χ0) is 18.2. The van der Waals surface area contributed by atoms with Gasteiger partial charge in [0.2, 0.25) is 5.91 Å². The van der Waals surface area contributed by atoms with Crippen LogP contribution in [0.1, 0.15) is 40.9 Å². The van der Waals surface area contributed by atoms with Crippen molar-refractivity contribution < 1.29 is 9.59 Å². The van der Waals surface area contributed by atoms with E-state index in [0.29, 0.717) is 5.56 Å². The summed E-state index contributed by atoms with van der Waals surface area (Å²) in [6.07, 6.45) is 4.02. The summed E-state index contributed by atoms with van der Waals surface area (Å²) in [5.41, 5.74) is 4.00. The summed E-state index contributed by atoms with van der Waals surface area (Å²) < 4.78 is 0. The van der Waals surface area contributed by atoms with Gasteiger partial charge in [0.15, 0.2) is 5.78 Å². The third-order valence-corrected chi connectivity index (χ3v) is 4.62. The van der Waals surface area contributed by atoms with Crippen LogP contribution in [-0.2, 0) is 11.2 Å². The number of carbonyl (C=O) groups is 2. The van der Waals surface area contributed by atoms with Gasteiger partial charge < -0.3 is 0 Å². The Balaban J connectivity index is 2.01. The molecule has 1 aliphatic heterocycles. The van der Waals surface area contributed by atoms with Gasteiger partial charge in [-0.2, -0.15) is 0 Å². The quantitative estimate of drug-likeness (QED) is 0.766. The predicted octanol–water partition coefficient (Wildman–Crippen LogP) is 4.62. The number of amides is 1. The van der Waals surface area contributed by atoms with Gasteiger partial charge in [-0.25, -0.2) is 0 Å². The van der Waals surface area contributed by atoms with Gasteiger partial charge >= 0.3 is 0 Å². The van der Waals surface area contributed by atoms with Crippen LogP contribution in [0.25, 0.3) is 0 Å². The molecular weight excluding hydrogens is 310 g/mol. The molecule has 0 saturated carbocycles. The maximum absolute atomic E-state index is 12.8. The number of Topliss-reactive ketones (excluding diaryl/α,β-unsaturated/α-hetero) is 1. The Morgan fingerprint density at radius 1 is 1.08 bits per heavy atom. The summed E-state index contributed by atoms with van der Waals surface area (Å²) in [5, 5.41) is 0. The lowest BCUT2D eigenvalue weighted by molar-refractivity contribution is -0.122. The van der Waals surface area contributed by atoms with E-state index in [4.69, 9.17) is 0 Å². The number of hydrogen-bond donors (Lipinski definition) is 0. The van der Waals surface area contributed by atoms with Gasteiger partial charge in [0.1, 0.15) is 0 Å². The molecule has 0 bridgehead atoms. The van der Waals surface area contributed by atoms with Crippen LogP contribution >= 0.6 is 0 Å². The van der Waals surface area contributed by atoms with Crippen molar-refractivity contribution in [2.75, 3.05) is 4.90 Å². The van der Waals surface area contributed by atoms with Gasteiger partial charge in [0.05, 0.1) is 11.1 Å². The van der Waals surface area contributed by atoms with Crippen LogP contribution in [0, 0.1) is 19.3 Å². The monoisotopic (exact) mass is 333 g/mol. The smallest absolute Gasteiger partial charge is 0.240 e. The van der Waals surface area contributed by atoms with E-state index in [1.54, 1.807) is 4.90 Å². The zero-order valence-electron chi connectivity index (χ0n) is 15.2. The minimum absolute atomic E-state index is 0.0351. The molecule has 1 aliphatic rings. The third-order valence-electron chi connectivity index (χ3n) is 4.62. The normalized spacial score (nSPS) is 15.7. The highest BCUT2D eigenvalue weighted by Crippen LogP contribution is 2.36.